The zero-order valence-electron chi connectivity index (χ0n) is 18.5. The molecule has 5 rings (SSSR count). The van der Waals surface area contributed by atoms with Crippen LogP contribution in [0.25, 0.3) is 0 Å². The highest BCUT2D eigenvalue weighted by Crippen LogP contribution is 2.38. The molecular formula is C24H23F2N5O2. The molecule has 3 heterocycles. The molecule has 2 aromatic carbocycles. The van der Waals surface area contributed by atoms with Crippen molar-refractivity contribution in [2.75, 3.05) is 7.05 Å². The van der Waals surface area contributed by atoms with Crippen LogP contribution in [-0.2, 0) is 17.9 Å². The van der Waals surface area contributed by atoms with Gasteiger partial charge in [-0.2, -0.15) is 0 Å². The second-order valence-electron chi connectivity index (χ2n) is 8.49. The van der Waals surface area contributed by atoms with Crippen molar-refractivity contribution in [2.45, 2.75) is 39.1 Å². The van der Waals surface area contributed by atoms with Crippen LogP contribution in [0.3, 0.4) is 0 Å². The Hall–Kier alpha value is -3.75. The van der Waals surface area contributed by atoms with Crippen LogP contribution < -0.4 is 0 Å². The third-order valence-electron chi connectivity index (χ3n) is 6.51. The number of imide groups is 1. The Morgan fingerprint density at radius 1 is 0.818 bits per heavy atom. The first-order valence-electron chi connectivity index (χ1n) is 10.7. The molecule has 0 saturated carbocycles. The molecule has 0 aliphatic carbocycles. The van der Waals surface area contributed by atoms with Gasteiger partial charge in [-0.25, -0.2) is 18.6 Å². The van der Waals surface area contributed by atoms with Crippen LogP contribution >= 0.6 is 0 Å². The number of nitrogens with zero attached hydrogens (tertiary/aromatic N) is 5. The molecule has 33 heavy (non-hydrogen) atoms. The van der Waals surface area contributed by atoms with Gasteiger partial charge >= 0.3 is 6.03 Å². The zero-order chi connectivity index (χ0) is 23.4. The van der Waals surface area contributed by atoms with Crippen LogP contribution in [0.5, 0.6) is 0 Å². The Balaban J connectivity index is 1.45. The SMILES string of the molecule is CC1=C(C)N2C(=NC3C2C(=O)N(Cc2ccc(F)cc2)C(=O)N3C)N1Cc1ccc(F)cc1. The Labute approximate surface area is 190 Å². The third kappa shape index (κ3) is 3.35. The lowest BCUT2D eigenvalue weighted by atomic mass is 10.1. The number of amides is 3. The highest BCUT2D eigenvalue weighted by molar-refractivity contribution is 6.05. The number of aliphatic imine (C=N–C) groups is 1. The molecule has 0 bridgehead atoms. The molecule has 170 valence electrons. The van der Waals surface area contributed by atoms with Crippen LogP contribution in [0, 0.1) is 11.6 Å². The number of benzene rings is 2. The minimum Gasteiger partial charge on any atom is -0.310 e. The lowest BCUT2D eigenvalue weighted by Crippen LogP contribution is -2.64. The zero-order valence-corrected chi connectivity index (χ0v) is 18.5. The summed E-state index contributed by atoms with van der Waals surface area (Å²) in [5, 5.41) is 0. The monoisotopic (exact) mass is 451 g/mol. The van der Waals surface area contributed by atoms with E-state index in [-0.39, 0.29) is 24.1 Å². The number of urea groups is 1. The van der Waals surface area contributed by atoms with Gasteiger partial charge in [0.2, 0.25) is 5.96 Å². The Morgan fingerprint density at radius 3 is 1.88 bits per heavy atom. The summed E-state index contributed by atoms with van der Waals surface area (Å²) in [5.41, 5.74) is 3.37. The van der Waals surface area contributed by atoms with Gasteiger partial charge in [-0.05, 0) is 49.2 Å². The minimum absolute atomic E-state index is 0.0513. The standard InChI is InChI=1S/C24H23F2N5O2/c1-14-15(2)31-20-21(27-23(31)29(14)12-16-4-8-18(25)9-5-16)28(3)24(33)30(22(20)32)13-17-6-10-19(26)11-7-17/h4-11,20-21H,12-13H2,1-3H3. The molecule has 0 spiro atoms. The average molecular weight is 451 g/mol. The quantitative estimate of drug-likeness (QED) is 0.714. The summed E-state index contributed by atoms with van der Waals surface area (Å²) in [6.07, 6.45) is -0.650. The highest BCUT2D eigenvalue weighted by atomic mass is 19.1. The predicted molar refractivity (Wildman–Crippen MR) is 117 cm³/mol. The molecular weight excluding hydrogens is 428 g/mol. The number of guanidine groups is 1. The largest absolute Gasteiger partial charge is 0.328 e. The molecule has 1 fully saturated rings. The second kappa shape index (κ2) is 7.68. The molecule has 9 heteroatoms. The van der Waals surface area contributed by atoms with Crippen molar-refractivity contribution in [3.8, 4) is 0 Å². The maximum atomic E-state index is 13.5. The van der Waals surface area contributed by atoms with Crippen molar-refractivity contribution in [3.63, 3.8) is 0 Å². The number of allylic oxidation sites excluding steroid dienone is 2. The van der Waals surface area contributed by atoms with E-state index in [0.29, 0.717) is 18.1 Å². The minimum atomic E-state index is -0.684. The maximum absolute atomic E-state index is 13.5. The van der Waals surface area contributed by atoms with E-state index in [1.54, 1.807) is 31.3 Å². The summed E-state index contributed by atoms with van der Waals surface area (Å²) in [6, 6.07) is 10.9. The first-order chi connectivity index (χ1) is 15.8. The van der Waals surface area contributed by atoms with Gasteiger partial charge < -0.3 is 9.80 Å². The predicted octanol–water partition coefficient (Wildman–Crippen LogP) is 3.49. The van der Waals surface area contributed by atoms with Gasteiger partial charge in [-0.1, -0.05) is 24.3 Å². The topological polar surface area (TPSA) is 59.5 Å². The second-order valence-corrected chi connectivity index (χ2v) is 8.49. The molecule has 2 aromatic rings. The lowest BCUT2D eigenvalue weighted by molar-refractivity contribution is -0.137. The van der Waals surface area contributed by atoms with E-state index in [2.05, 4.69) is 0 Å². The molecule has 1 saturated heterocycles. The Kier molecular flexibility index (Phi) is 4.92. The summed E-state index contributed by atoms with van der Waals surface area (Å²) in [6.45, 7) is 4.39. The number of fused-ring (bicyclic) bond motifs is 3. The number of hydrogen-bond acceptors (Lipinski definition) is 5. The summed E-state index contributed by atoms with van der Waals surface area (Å²) >= 11 is 0. The summed E-state index contributed by atoms with van der Waals surface area (Å²) in [7, 11) is 1.63. The smallest absolute Gasteiger partial charge is 0.310 e. The van der Waals surface area contributed by atoms with Crippen molar-refractivity contribution < 1.29 is 18.4 Å². The van der Waals surface area contributed by atoms with Crippen LogP contribution in [0.15, 0.2) is 64.9 Å². The fourth-order valence-corrected chi connectivity index (χ4v) is 4.56. The number of carbonyl (C=O) groups is 2. The lowest BCUT2D eigenvalue weighted by Gasteiger charge is -2.40. The van der Waals surface area contributed by atoms with Gasteiger partial charge in [0.05, 0.1) is 13.1 Å². The van der Waals surface area contributed by atoms with Crippen molar-refractivity contribution in [1.29, 1.82) is 0 Å². The number of halogens is 2. The summed E-state index contributed by atoms with van der Waals surface area (Å²) < 4.78 is 26.6. The first-order valence-corrected chi connectivity index (χ1v) is 10.7. The molecule has 2 unspecified atom stereocenters. The van der Waals surface area contributed by atoms with Gasteiger partial charge in [0.15, 0.2) is 12.2 Å². The molecule has 7 nitrogen and oxygen atoms in total. The Morgan fingerprint density at radius 2 is 1.33 bits per heavy atom. The van der Waals surface area contributed by atoms with Gasteiger partial charge in [-0.3, -0.25) is 14.6 Å². The van der Waals surface area contributed by atoms with Gasteiger partial charge in [-0.15, -0.1) is 0 Å². The van der Waals surface area contributed by atoms with E-state index < -0.39 is 18.2 Å². The molecule has 0 N–H and O–H groups in total. The maximum Gasteiger partial charge on any atom is 0.328 e. The summed E-state index contributed by atoms with van der Waals surface area (Å²) in [5.74, 6) is -0.431. The number of carbonyl (C=O) groups excluding carboxylic acids is 2. The van der Waals surface area contributed by atoms with Gasteiger partial charge in [0.1, 0.15) is 11.6 Å². The molecule has 3 aliphatic heterocycles. The Bertz CT molecular complexity index is 1190. The molecule has 3 aliphatic rings. The molecule has 2 atom stereocenters. The number of rotatable bonds is 4. The molecule has 0 radical (unpaired) electrons. The van der Waals surface area contributed by atoms with Crippen LogP contribution in [0.2, 0.25) is 0 Å². The fourth-order valence-electron chi connectivity index (χ4n) is 4.56. The van der Waals surface area contributed by atoms with Crippen molar-refractivity contribution in [2.24, 2.45) is 4.99 Å². The van der Waals surface area contributed by atoms with E-state index in [0.717, 1.165) is 17.0 Å². The van der Waals surface area contributed by atoms with E-state index in [9.17, 15) is 18.4 Å². The van der Waals surface area contributed by atoms with Gasteiger partial charge in [0.25, 0.3) is 5.91 Å². The van der Waals surface area contributed by atoms with Crippen LogP contribution in [0.1, 0.15) is 25.0 Å². The highest BCUT2D eigenvalue weighted by Gasteiger charge is 2.55. The first kappa shape index (κ1) is 21.1. The van der Waals surface area contributed by atoms with Crippen molar-refractivity contribution in [1.82, 2.24) is 19.6 Å². The van der Waals surface area contributed by atoms with E-state index >= 15 is 0 Å². The van der Waals surface area contributed by atoms with Crippen molar-refractivity contribution in [3.05, 3.63) is 82.7 Å². The van der Waals surface area contributed by atoms with E-state index in [1.807, 2.05) is 23.6 Å². The summed E-state index contributed by atoms with van der Waals surface area (Å²) in [4.78, 5) is 37.9. The third-order valence-corrected chi connectivity index (χ3v) is 6.51. The fraction of sp³-hybridized carbons (Fsp3) is 0.292. The van der Waals surface area contributed by atoms with Crippen molar-refractivity contribution >= 4 is 17.9 Å². The van der Waals surface area contributed by atoms with Gasteiger partial charge in [0, 0.05) is 18.4 Å². The number of hydrogen-bond donors (Lipinski definition) is 0. The van der Waals surface area contributed by atoms with Crippen LogP contribution in [0.4, 0.5) is 13.6 Å². The molecule has 0 aromatic heterocycles. The normalized spacial score (nSPS) is 22.3. The van der Waals surface area contributed by atoms with E-state index in [4.69, 9.17) is 4.99 Å². The van der Waals surface area contributed by atoms with E-state index in [1.165, 1.54) is 34.1 Å². The average Bonchev–Trinajstić information content (AvgIpc) is 3.30. The molecule has 3 amide bonds. The van der Waals surface area contributed by atoms with Crippen LogP contribution in [-0.4, -0.2) is 56.8 Å². The number of likely N-dealkylation sites (N-methyl/N-ethyl adjacent to an activating group) is 1.